The second-order valence-electron chi connectivity index (χ2n) is 5.90. The molecule has 0 saturated carbocycles. The molecule has 0 spiro atoms. The van der Waals surface area contributed by atoms with E-state index in [0.717, 1.165) is 10.6 Å². The Balaban J connectivity index is 1.85. The van der Waals surface area contributed by atoms with Gasteiger partial charge in [-0.2, -0.15) is 0 Å². The molecule has 0 fully saturated rings. The van der Waals surface area contributed by atoms with Crippen LogP contribution < -0.4 is 10.6 Å². The molecule has 5 nitrogen and oxygen atoms in total. The van der Waals surface area contributed by atoms with Gasteiger partial charge in [-0.1, -0.05) is 18.7 Å². The lowest BCUT2D eigenvalue weighted by Gasteiger charge is -2.23. The molecular weight excluding hydrogens is 322 g/mol. The average Bonchev–Trinajstić information content (AvgIpc) is 3.09. The van der Waals surface area contributed by atoms with Crippen molar-refractivity contribution in [3.8, 4) is 0 Å². The number of aromatic nitrogens is 1. The first-order valence-electron chi connectivity index (χ1n) is 7.64. The Labute approximate surface area is 145 Å². The molecule has 24 heavy (non-hydrogen) atoms. The molecule has 2 aromatic rings. The zero-order valence-electron chi connectivity index (χ0n) is 13.8. The van der Waals surface area contributed by atoms with Crippen LogP contribution in [0.4, 0.5) is 5.69 Å². The lowest BCUT2D eigenvalue weighted by molar-refractivity contribution is -0.122. The molecule has 0 radical (unpaired) electrons. The van der Waals surface area contributed by atoms with E-state index in [2.05, 4.69) is 22.2 Å². The minimum atomic E-state index is -0.468. The van der Waals surface area contributed by atoms with Gasteiger partial charge in [-0.05, 0) is 44.0 Å². The monoisotopic (exact) mass is 343 g/mol. The standard InChI is InChI=1S/C18H21N3O2S/c1-4-15(22)20-14-8-5-13(6-9-14)7-10-16(23)21-18(2,3)17-19-11-12-24-17/h4-6,8-9,11-12H,1,7,10H2,2-3H3,(H,20,22)(H,21,23). The topological polar surface area (TPSA) is 71.1 Å². The van der Waals surface area contributed by atoms with E-state index in [1.807, 2.05) is 43.5 Å². The van der Waals surface area contributed by atoms with Crippen molar-refractivity contribution in [2.45, 2.75) is 32.2 Å². The van der Waals surface area contributed by atoms with Crippen molar-refractivity contribution < 1.29 is 9.59 Å². The van der Waals surface area contributed by atoms with E-state index in [1.54, 1.807) is 6.20 Å². The van der Waals surface area contributed by atoms with Gasteiger partial charge in [0.1, 0.15) is 5.01 Å². The van der Waals surface area contributed by atoms with Crippen LogP contribution in [-0.4, -0.2) is 16.8 Å². The molecule has 0 aliphatic rings. The van der Waals surface area contributed by atoms with Gasteiger partial charge in [0.05, 0.1) is 5.54 Å². The minimum absolute atomic E-state index is 0.0146. The number of hydrogen-bond donors (Lipinski definition) is 2. The van der Waals surface area contributed by atoms with Crippen molar-refractivity contribution in [1.29, 1.82) is 0 Å². The van der Waals surface area contributed by atoms with E-state index in [9.17, 15) is 9.59 Å². The van der Waals surface area contributed by atoms with Gasteiger partial charge >= 0.3 is 0 Å². The zero-order chi connectivity index (χ0) is 17.6. The normalized spacial score (nSPS) is 10.9. The number of nitrogens with one attached hydrogen (secondary N) is 2. The minimum Gasteiger partial charge on any atom is -0.345 e. The van der Waals surface area contributed by atoms with Crippen LogP contribution in [0.3, 0.4) is 0 Å². The molecule has 0 aliphatic carbocycles. The van der Waals surface area contributed by atoms with Crippen molar-refractivity contribution in [3.05, 3.63) is 59.1 Å². The van der Waals surface area contributed by atoms with Crippen LogP contribution >= 0.6 is 11.3 Å². The first kappa shape index (κ1) is 17.9. The van der Waals surface area contributed by atoms with E-state index >= 15 is 0 Å². The van der Waals surface area contributed by atoms with E-state index in [-0.39, 0.29) is 11.8 Å². The molecular formula is C18H21N3O2S. The zero-order valence-corrected chi connectivity index (χ0v) is 14.7. The van der Waals surface area contributed by atoms with E-state index < -0.39 is 5.54 Å². The molecule has 0 saturated heterocycles. The van der Waals surface area contributed by atoms with Gasteiger partial charge in [0.25, 0.3) is 0 Å². The Bertz CT molecular complexity index is 706. The maximum absolute atomic E-state index is 12.2. The molecule has 1 aromatic carbocycles. The number of thiazole rings is 1. The number of benzene rings is 1. The highest BCUT2D eigenvalue weighted by molar-refractivity contribution is 7.09. The maximum Gasteiger partial charge on any atom is 0.247 e. The van der Waals surface area contributed by atoms with Crippen LogP contribution in [-0.2, 0) is 21.5 Å². The summed E-state index contributed by atoms with van der Waals surface area (Å²) >= 11 is 1.53. The van der Waals surface area contributed by atoms with E-state index in [0.29, 0.717) is 18.5 Å². The lowest BCUT2D eigenvalue weighted by Crippen LogP contribution is -2.41. The van der Waals surface area contributed by atoms with Gasteiger partial charge in [-0.15, -0.1) is 11.3 Å². The maximum atomic E-state index is 12.2. The van der Waals surface area contributed by atoms with Crippen LogP contribution in [0.5, 0.6) is 0 Å². The molecule has 0 aliphatic heterocycles. The third kappa shape index (κ3) is 5.03. The summed E-state index contributed by atoms with van der Waals surface area (Å²) in [6, 6.07) is 7.43. The van der Waals surface area contributed by atoms with E-state index in [1.165, 1.54) is 17.4 Å². The summed E-state index contributed by atoms with van der Waals surface area (Å²) in [5.74, 6) is -0.259. The van der Waals surface area contributed by atoms with Gasteiger partial charge in [-0.25, -0.2) is 4.98 Å². The summed E-state index contributed by atoms with van der Waals surface area (Å²) in [5.41, 5.74) is 1.27. The Morgan fingerprint density at radius 3 is 2.58 bits per heavy atom. The molecule has 126 valence electrons. The van der Waals surface area contributed by atoms with Gasteiger partial charge < -0.3 is 10.6 Å². The second-order valence-corrected chi connectivity index (χ2v) is 6.80. The number of hydrogen-bond acceptors (Lipinski definition) is 4. The Morgan fingerprint density at radius 2 is 2.00 bits per heavy atom. The summed E-state index contributed by atoms with van der Waals surface area (Å²) in [4.78, 5) is 27.7. The number of amides is 2. The fourth-order valence-electron chi connectivity index (χ4n) is 2.20. The van der Waals surface area contributed by atoms with Gasteiger partial charge in [0.2, 0.25) is 11.8 Å². The van der Waals surface area contributed by atoms with Crippen LogP contribution in [0.15, 0.2) is 48.5 Å². The van der Waals surface area contributed by atoms with Crippen molar-refractivity contribution in [3.63, 3.8) is 0 Å². The third-order valence-corrected chi connectivity index (χ3v) is 4.56. The number of rotatable bonds is 7. The van der Waals surface area contributed by atoms with Crippen molar-refractivity contribution in [2.24, 2.45) is 0 Å². The van der Waals surface area contributed by atoms with Crippen molar-refractivity contribution in [2.75, 3.05) is 5.32 Å². The van der Waals surface area contributed by atoms with E-state index in [4.69, 9.17) is 0 Å². The fraction of sp³-hybridized carbons (Fsp3) is 0.278. The largest absolute Gasteiger partial charge is 0.345 e. The predicted molar refractivity (Wildman–Crippen MR) is 96.9 cm³/mol. The number of aryl methyl sites for hydroxylation is 1. The van der Waals surface area contributed by atoms with Crippen LogP contribution in [0.1, 0.15) is 30.8 Å². The molecule has 2 amide bonds. The first-order chi connectivity index (χ1) is 11.4. The van der Waals surface area contributed by atoms with Crippen molar-refractivity contribution in [1.82, 2.24) is 10.3 Å². The molecule has 0 bridgehead atoms. The van der Waals surface area contributed by atoms with Crippen LogP contribution in [0.25, 0.3) is 0 Å². The number of carbonyl (C=O) groups excluding carboxylic acids is 2. The fourth-order valence-corrected chi connectivity index (χ4v) is 2.92. The third-order valence-electron chi connectivity index (χ3n) is 3.47. The van der Waals surface area contributed by atoms with Gasteiger partial charge in [-0.3, -0.25) is 9.59 Å². The molecule has 0 unspecified atom stereocenters. The molecule has 2 rings (SSSR count). The molecule has 2 N–H and O–H groups in total. The van der Waals surface area contributed by atoms with Gasteiger partial charge in [0, 0.05) is 23.7 Å². The summed E-state index contributed by atoms with van der Waals surface area (Å²) in [6.07, 6.45) is 3.99. The Hall–Kier alpha value is -2.47. The number of anilines is 1. The predicted octanol–water partition coefficient (Wildman–Crippen LogP) is 3.25. The molecule has 0 atom stereocenters. The van der Waals surface area contributed by atoms with Crippen molar-refractivity contribution >= 4 is 28.8 Å². The molecule has 1 heterocycles. The van der Waals surface area contributed by atoms with Crippen LogP contribution in [0, 0.1) is 0 Å². The molecule has 6 heteroatoms. The summed E-state index contributed by atoms with van der Waals surface area (Å²) < 4.78 is 0. The Morgan fingerprint density at radius 1 is 1.29 bits per heavy atom. The van der Waals surface area contributed by atoms with Crippen LogP contribution in [0.2, 0.25) is 0 Å². The highest BCUT2D eigenvalue weighted by Gasteiger charge is 2.25. The number of nitrogens with zero attached hydrogens (tertiary/aromatic N) is 1. The molecule has 1 aromatic heterocycles. The smallest absolute Gasteiger partial charge is 0.247 e. The average molecular weight is 343 g/mol. The first-order valence-corrected chi connectivity index (χ1v) is 8.52. The summed E-state index contributed by atoms with van der Waals surface area (Å²) in [7, 11) is 0. The lowest BCUT2D eigenvalue weighted by atomic mass is 10.0. The number of carbonyl (C=O) groups is 2. The Kier molecular flexibility index (Phi) is 5.87. The second kappa shape index (κ2) is 7.88. The van der Waals surface area contributed by atoms with Gasteiger partial charge in [0.15, 0.2) is 0 Å². The quantitative estimate of drug-likeness (QED) is 0.758. The summed E-state index contributed by atoms with van der Waals surface area (Å²) in [6.45, 7) is 7.30. The highest BCUT2D eigenvalue weighted by atomic mass is 32.1. The highest BCUT2D eigenvalue weighted by Crippen LogP contribution is 2.22. The summed E-state index contributed by atoms with van der Waals surface area (Å²) in [5, 5.41) is 8.49. The SMILES string of the molecule is C=CC(=O)Nc1ccc(CCC(=O)NC(C)(C)c2nccs2)cc1.